The summed E-state index contributed by atoms with van der Waals surface area (Å²) in [6.45, 7) is 10.5. The summed E-state index contributed by atoms with van der Waals surface area (Å²) in [5.41, 5.74) is 2.04. The maximum absolute atomic E-state index is 13.6. The Morgan fingerprint density at radius 1 is 0.717 bits per heavy atom. The van der Waals surface area contributed by atoms with Gasteiger partial charge in [-0.25, -0.2) is 4.79 Å². The van der Waals surface area contributed by atoms with E-state index in [4.69, 9.17) is 0 Å². The average molecular weight is 633 g/mol. The van der Waals surface area contributed by atoms with Crippen LogP contribution in [0.2, 0.25) is 0 Å². The van der Waals surface area contributed by atoms with E-state index < -0.39 is 59.1 Å². The van der Waals surface area contributed by atoms with Crippen LogP contribution in [0.3, 0.4) is 0 Å². The molecule has 1 aromatic heterocycles. The van der Waals surface area contributed by atoms with Crippen LogP contribution in [0.25, 0.3) is 11.3 Å². The van der Waals surface area contributed by atoms with Crippen LogP contribution in [0.1, 0.15) is 59.1 Å². The Morgan fingerprint density at radius 3 is 1.87 bits per heavy atom. The summed E-state index contributed by atoms with van der Waals surface area (Å²) in [6, 6.07) is 20.3. The lowest BCUT2D eigenvalue weighted by molar-refractivity contribution is -0.136. The SMILES string of the molecule is CC(C)(C)[C@H](O)C(=O)N[C@@H](Cc1ccccc1)C(O)CC(Cc1ccc(-c2ccccn2)cc1)NC(=O)[C@@H](NC(=O)O)C(C)(C)C. The quantitative estimate of drug-likeness (QED) is 0.163. The number of carbonyl (C=O) groups is 3. The molecule has 3 amide bonds. The molecule has 0 aliphatic carbocycles. The number of carbonyl (C=O) groups excluding carboxylic acids is 2. The van der Waals surface area contributed by atoms with E-state index in [-0.39, 0.29) is 12.8 Å². The third-order valence-electron chi connectivity index (χ3n) is 7.82. The Bertz CT molecular complexity index is 1420. The maximum Gasteiger partial charge on any atom is 0.405 e. The summed E-state index contributed by atoms with van der Waals surface area (Å²) >= 11 is 0. The molecule has 3 aromatic rings. The minimum atomic E-state index is -1.32. The van der Waals surface area contributed by atoms with Crippen molar-refractivity contribution in [2.24, 2.45) is 10.8 Å². The molecule has 0 spiro atoms. The van der Waals surface area contributed by atoms with Crippen LogP contribution in [0.4, 0.5) is 4.79 Å². The lowest BCUT2D eigenvalue weighted by atomic mass is 9.85. The molecule has 2 unspecified atom stereocenters. The van der Waals surface area contributed by atoms with Crippen LogP contribution in [0, 0.1) is 10.8 Å². The van der Waals surface area contributed by atoms with Gasteiger partial charge in [0.05, 0.1) is 17.8 Å². The third kappa shape index (κ3) is 11.0. The first-order chi connectivity index (χ1) is 21.5. The van der Waals surface area contributed by atoms with Crippen LogP contribution < -0.4 is 16.0 Å². The molecule has 6 N–H and O–H groups in total. The van der Waals surface area contributed by atoms with Crippen LogP contribution in [-0.4, -0.2) is 68.5 Å². The number of nitrogens with zero attached hydrogens (tertiary/aromatic N) is 1. The smallest absolute Gasteiger partial charge is 0.405 e. The highest BCUT2D eigenvalue weighted by molar-refractivity contribution is 5.86. The number of aromatic nitrogens is 1. The number of hydrogen-bond acceptors (Lipinski definition) is 6. The molecule has 0 radical (unpaired) electrons. The first kappa shape index (κ1) is 36.2. The van der Waals surface area contributed by atoms with Gasteiger partial charge in [0, 0.05) is 17.8 Å². The van der Waals surface area contributed by atoms with E-state index in [1.807, 2.05) is 72.8 Å². The largest absolute Gasteiger partial charge is 0.465 e. The number of nitrogens with one attached hydrogen (secondary N) is 3. The van der Waals surface area contributed by atoms with Crippen molar-refractivity contribution in [3.63, 3.8) is 0 Å². The Kier molecular flexibility index (Phi) is 12.4. The number of rotatable bonds is 13. The molecule has 46 heavy (non-hydrogen) atoms. The molecular weight excluding hydrogens is 584 g/mol. The number of benzene rings is 2. The zero-order valence-electron chi connectivity index (χ0n) is 27.5. The van der Waals surface area contributed by atoms with E-state index in [1.165, 1.54) is 0 Å². The Morgan fingerprint density at radius 2 is 1.33 bits per heavy atom. The van der Waals surface area contributed by atoms with Gasteiger partial charge in [0.1, 0.15) is 12.1 Å². The van der Waals surface area contributed by atoms with Crippen molar-refractivity contribution in [2.45, 2.75) is 91.1 Å². The van der Waals surface area contributed by atoms with Gasteiger partial charge in [-0.3, -0.25) is 14.6 Å². The highest BCUT2D eigenvalue weighted by atomic mass is 16.4. The normalized spacial score (nSPS) is 15.1. The third-order valence-corrected chi connectivity index (χ3v) is 7.82. The highest BCUT2D eigenvalue weighted by Crippen LogP contribution is 2.23. The van der Waals surface area contributed by atoms with E-state index in [1.54, 1.807) is 47.7 Å². The average Bonchev–Trinajstić information content (AvgIpc) is 2.99. The van der Waals surface area contributed by atoms with Gasteiger partial charge in [-0.05, 0) is 53.4 Å². The van der Waals surface area contributed by atoms with Crippen LogP contribution in [-0.2, 0) is 22.4 Å². The van der Waals surface area contributed by atoms with Crippen molar-refractivity contribution >= 4 is 17.9 Å². The summed E-state index contributed by atoms with van der Waals surface area (Å²) in [5, 5.41) is 39.9. The molecule has 248 valence electrons. The van der Waals surface area contributed by atoms with Crippen molar-refractivity contribution in [1.29, 1.82) is 0 Å². The topological polar surface area (TPSA) is 161 Å². The fraction of sp³-hybridized carbons (Fsp3) is 0.444. The second-order valence-electron chi connectivity index (χ2n) is 13.9. The zero-order chi connectivity index (χ0) is 34.1. The molecular formula is C36H48N4O6. The molecule has 2 aromatic carbocycles. The van der Waals surface area contributed by atoms with Crippen molar-refractivity contribution in [3.05, 3.63) is 90.1 Å². The van der Waals surface area contributed by atoms with Gasteiger partial charge in [-0.1, -0.05) is 102 Å². The van der Waals surface area contributed by atoms with Gasteiger partial charge in [0.15, 0.2) is 0 Å². The molecule has 1 heterocycles. The Hall–Kier alpha value is -4.28. The molecule has 10 nitrogen and oxygen atoms in total. The predicted molar refractivity (Wildman–Crippen MR) is 178 cm³/mol. The monoisotopic (exact) mass is 632 g/mol. The fourth-order valence-corrected chi connectivity index (χ4v) is 5.17. The van der Waals surface area contributed by atoms with Crippen LogP contribution >= 0.6 is 0 Å². The minimum absolute atomic E-state index is 0.0427. The van der Waals surface area contributed by atoms with Gasteiger partial charge in [-0.2, -0.15) is 0 Å². The molecule has 0 bridgehead atoms. The van der Waals surface area contributed by atoms with E-state index in [9.17, 15) is 29.7 Å². The molecule has 3 rings (SSSR count). The van der Waals surface area contributed by atoms with Crippen molar-refractivity contribution < 1.29 is 29.7 Å². The van der Waals surface area contributed by atoms with E-state index in [0.717, 1.165) is 22.4 Å². The van der Waals surface area contributed by atoms with Crippen molar-refractivity contribution in [2.75, 3.05) is 0 Å². The molecule has 0 fully saturated rings. The Labute approximate surface area is 271 Å². The molecule has 0 aliphatic heterocycles. The lowest BCUT2D eigenvalue weighted by Crippen LogP contribution is -2.57. The standard InChI is InChI=1S/C36H48N4O6/c1-35(2,3)30(40-34(45)46)32(43)38-26(20-24-15-17-25(18-16-24)27-14-10-11-19-37-27)22-29(41)28(21-23-12-8-7-9-13-23)39-33(44)31(42)36(4,5)6/h7-19,26,28-31,40-42H,20-22H2,1-6H3,(H,38,43)(H,39,44)(H,45,46)/t26?,28-,29?,30+,31+/m0/s1. The number of hydrogen-bond donors (Lipinski definition) is 6. The molecule has 0 saturated carbocycles. The number of aliphatic hydroxyl groups excluding tert-OH is 2. The van der Waals surface area contributed by atoms with E-state index in [0.29, 0.717) is 6.42 Å². The predicted octanol–water partition coefficient (Wildman–Crippen LogP) is 4.34. The van der Waals surface area contributed by atoms with Gasteiger partial charge in [0.2, 0.25) is 11.8 Å². The summed E-state index contributed by atoms with van der Waals surface area (Å²) in [6.07, 6.45) is -1.38. The van der Waals surface area contributed by atoms with Crippen molar-refractivity contribution in [1.82, 2.24) is 20.9 Å². The number of carboxylic acid groups (broad SMARTS) is 1. The van der Waals surface area contributed by atoms with Gasteiger partial charge >= 0.3 is 6.09 Å². The van der Waals surface area contributed by atoms with Gasteiger partial charge in [-0.15, -0.1) is 0 Å². The van der Waals surface area contributed by atoms with Gasteiger partial charge in [0.25, 0.3) is 0 Å². The minimum Gasteiger partial charge on any atom is -0.465 e. The zero-order valence-corrected chi connectivity index (χ0v) is 27.5. The fourth-order valence-electron chi connectivity index (χ4n) is 5.17. The van der Waals surface area contributed by atoms with Gasteiger partial charge < -0.3 is 31.3 Å². The first-order valence-corrected chi connectivity index (χ1v) is 15.5. The van der Waals surface area contributed by atoms with Crippen LogP contribution in [0.5, 0.6) is 0 Å². The lowest BCUT2D eigenvalue weighted by Gasteiger charge is -2.33. The Balaban J connectivity index is 1.91. The summed E-state index contributed by atoms with van der Waals surface area (Å²) < 4.78 is 0. The van der Waals surface area contributed by atoms with E-state index >= 15 is 0 Å². The second kappa shape index (κ2) is 15.8. The van der Waals surface area contributed by atoms with Crippen molar-refractivity contribution in [3.8, 4) is 11.3 Å². The second-order valence-corrected chi connectivity index (χ2v) is 13.9. The summed E-state index contributed by atoms with van der Waals surface area (Å²) in [5.74, 6) is -1.12. The molecule has 10 heteroatoms. The van der Waals surface area contributed by atoms with Crippen LogP contribution in [0.15, 0.2) is 79.0 Å². The number of amides is 3. The summed E-state index contributed by atoms with van der Waals surface area (Å²) in [4.78, 5) is 42.6. The summed E-state index contributed by atoms with van der Waals surface area (Å²) in [7, 11) is 0. The van der Waals surface area contributed by atoms with E-state index in [2.05, 4.69) is 20.9 Å². The number of aliphatic hydroxyl groups is 2. The molecule has 0 saturated heterocycles. The highest BCUT2D eigenvalue weighted by Gasteiger charge is 2.36. The maximum atomic E-state index is 13.6. The molecule has 0 aliphatic rings. The molecule has 5 atom stereocenters. The number of pyridine rings is 1. The first-order valence-electron chi connectivity index (χ1n) is 15.5.